The van der Waals surface area contributed by atoms with E-state index < -0.39 is 35.7 Å². The molecule has 0 amide bonds. The molecule has 0 aromatic carbocycles. The molecule has 8 heteroatoms. The second-order valence-electron chi connectivity index (χ2n) is 5.17. The summed E-state index contributed by atoms with van der Waals surface area (Å²) in [6.07, 6.45) is -1.65. The van der Waals surface area contributed by atoms with E-state index in [9.17, 15) is 9.59 Å². The topological polar surface area (TPSA) is 89.5 Å². The van der Waals surface area contributed by atoms with Crippen molar-refractivity contribution < 1.29 is 38.0 Å². The summed E-state index contributed by atoms with van der Waals surface area (Å²) in [5, 5.41) is 0. The molecule has 128 valence electrons. The summed E-state index contributed by atoms with van der Waals surface area (Å²) in [4.78, 5) is 23.1. The summed E-state index contributed by atoms with van der Waals surface area (Å²) < 4.78 is 31.8. The summed E-state index contributed by atoms with van der Waals surface area (Å²) in [7, 11) is 5.43. The first kappa shape index (κ1) is 18.8. The molecule has 0 aromatic heterocycles. The van der Waals surface area contributed by atoms with E-state index >= 15 is 0 Å². The van der Waals surface area contributed by atoms with Crippen LogP contribution in [0.4, 0.5) is 0 Å². The van der Waals surface area contributed by atoms with E-state index in [1.165, 1.54) is 28.4 Å². The van der Waals surface area contributed by atoms with E-state index in [4.69, 9.17) is 18.9 Å². The first-order valence-corrected chi connectivity index (χ1v) is 6.84. The van der Waals surface area contributed by atoms with Crippen LogP contribution in [0.1, 0.15) is 26.7 Å². The number of hydrogen-bond donors (Lipinski definition) is 0. The molecule has 1 heterocycles. The monoisotopic (exact) mass is 320 g/mol. The lowest BCUT2D eigenvalue weighted by Crippen LogP contribution is -2.65. The van der Waals surface area contributed by atoms with Crippen molar-refractivity contribution in [1.29, 1.82) is 0 Å². The summed E-state index contributed by atoms with van der Waals surface area (Å²) in [5.41, 5.74) is 0. The normalized spacial score (nSPS) is 35.0. The van der Waals surface area contributed by atoms with E-state index in [1.54, 1.807) is 13.8 Å². The molecule has 0 radical (unpaired) electrons. The van der Waals surface area contributed by atoms with Crippen molar-refractivity contribution in [1.82, 2.24) is 0 Å². The highest BCUT2D eigenvalue weighted by molar-refractivity contribution is 5.71. The fourth-order valence-electron chi connectivity index (χ4n) is 2.25. The highest BCUT2D eigenvalue weighted by atomic mass is 16.8. The van der Waals surface area contributed by atoms with Gasteiger partial charge < -0.3 is 28.4 Å². The quantitative estimate of drug-likeness (QED) is 0.658. The molecule has 0 aromatic rings. The van der Waals surface area contributed by atoms with Gasteiger partial charge in [0.05, 0.1) is 39.3 Å². The van der Waals surface area contributed by atoms with Gasteiger partial charge in [-0.3, -0.25) is 9.59 Å². The number of rotatable bonds is 6. The third-order valence-corrected chi connectivity index (χ3v) is 3.96. The molecule has 0 aliphatic carbocycles. The summed E-state index contributed by atoms with van der Waals surface area (Å²) in [5.74, 6) is -3.48. The molecule has 4 atom stereocenters. The van der Waals surface area contributed by atoms with Gasteiger partial charge in [0.15, 0.2) is 0 Å². The molecule has 0 spiro atoms. The highest BCUT2D eigenvalue weighted by Gasteiger charge is 2.57. The lowest BCUT2D eigenvalue weighted by atomic mass is 9.99. The molecular weight excluding hydrogens is 296 g/mol. The van der Waals surface area contributed by atoms with Crippen molar-refractivity contribution in [3.63, 3.8) is 0 Å². The molecule has 1 aliphatic rings. The molecule has 0 N–H and O–H groups in total. The molecule has 0 bridgehead atoms. The van der Waals surface area contributed by atoms with Crippen molar-refractivity contribution >= 4 is 11.9 Å². The molecule has 1 rings (SSSR count). The third-order valence-electron chi connectivity index (χ3n) is 3.96. The van der Waals surface area contributed by atoms with Crippen molar-refractivity contribution in [3.05, 3.63) is 0 Å². The van der Waals surface area contributed by atoms with Crippen LogP contribution in [0.25, 0.3) is 0 Å². The minimum Gasteiger partial charge on any atom is -0.469 e. The fourth-order valence-corrected chi connectivity index (χ4v) is 2.25. The summed E-state index contributed by atoms with van der Waals surface area (Å²) in [6, 6.07) is 0. The van der Waals surface area contributed by atoms with Crippen LogP contribution in [0.2, 0.25) is 0 Å². The van der Waals surface area contributed by atoms with Gasteiger partial charge in [-0.2, -0.15) is 0 Å². The Hall–Kier alpha value is -1.22. The van der Waals surface area contributed by atoms with Crippen molar-refractivity contribution in [2.75, 3.05) is 28.4 Å². The first-order valence-electron chi connectivity index (χ1n) is 6.84. The zero-order chi connectivity index (χ0) is 17.0. The van der Waals surface area contributed by atoms with E-state index in [-0.39, 0.29) is 12.8 Å². The van der Waals surface area contributed by atoms with Crippen molar-refractivity contribution in [3.8, 4) is 0 Å². The predicted octanol–water partition coefficient (Wildman–Crippen LogP) is 0.622. The van der Waals surface area contributed by atoms with Gasteiger partial charge in [-0.15, -0.1) is 0 Å². The van der Waals surface area contributed by atoms with E-state index in [0.717, 1.165) is 0 Å². The Balaban J connectivity index is 3.04. The number of hydrogen-bond acceptors (Lipinski definition) is 8. The van der Waals surface area contributed by atoms with Gasteiger partial charge in [-0.25, -0.2) is 0 Å². The average Bonchev–Trinajstić information content (AvgIpc) is 2.51. The second kappa shape index (κ2) is 7.36. The van der Waals surface area contributed by atoms with Crippen LogP contribution in [-0.4, -0.2) is 64.2 Å². The lowest BCUT2D eigenvalue weighted by molar-refractivity contribution is -0.447. The molecule has 0 saturated carbocycles. The van der Waals surface area contributed by atoms with Crippen molar-refractivity contribution in [2.45, 2.75) is 50.5 Å². The molecule has 1 fully saturated rings. The van der Waals surface area contributed by atoms with Crippen LogP contribution in [-0.2, 0) is 38.0 Å². The van der Waals surface area contributed by atoms with Crippen molar-refractivity contribution in [2.24, 2.45) is 0 Å². The Bertz CT molecular complexity index is 374. The van der Waals surface area contributed by atoms with Gasteiger partial charge in [0, 0.05) is 14.2 Å². The Morgan fingerprint density at radius 1 is 0.818 bits per heavy atom. The van der Waals surface area contributed by atoms with Crippen LogP contribution < -0.4 is 0 Å². The van der Waals surface area contributed by atoms with Gasteiger partial charge in [0.1, 0.15) is 0 Å². The molecule has 8 nitrogen and oxygen atoms in total. The molecule has 1 saturated heterocycles. The first-order chi connectivity index (χ1) is 10.2. The van der Waals surface area contributed by atoms with Gasteiger partial charge >= 0.3 is 11.9 Å². The minimum atomic E-state index is -1.26. The van der Waals surface area contributed by atoms with E-state index in [2.05, 4.69) is 9.47 Å². The van der Waals surface area contributed by atoms with Gasteiger partial charge in [0.25, 0.3) is 0 Å². The molecule has 1 aliphatic heterocycles. The molecular formula is C14H24O8. The van der Waals surface area contributed by atoms with Crippen LogP contribution in [0.5, 0.6) is 0 Å². The molecule has 1 unspecified atom stereocenters. The maximum absolute atomic E-state index is 11.6. The average molecular weight is 320 g/mol. The Labute approximate surface area is 129 Å². The minimum absolute atomic E-state index is 0.0864. The van der Waals surface area contributed by atoms with Crippen LogP contribution >= 0.6 is 0 Å². The predicted molar refractivity (Wildman–Crippen MR) is 73.8 cm³/mol. The lowest BCUT2D eigenvalue weighted by Gasteiger charge is -2.51. The number of carbonyl (C=O) groups excluding carboxylic acids is 2. The zero-order valence-corrected chi connectivity index (χ0v) is 13.8. The Morgan fingerprint density at radius 3 is 1.36 bits per heavy atom. The largest absolute Gasteiger partial charge is 0.469 e. The number of esters is 2. The fraction of sp³-hybridized carbons (Fsp3) is 0.857. The van der Waals surface area contributed by atoms with Gasteiger partial charge in [-0.05, 0) is 13.8 Å². The van der Waals surface area contributed by atoms with Crippen LogP contribution in [0, 0.1) is 0 Å². The third kappa shape index (κ3) is 3.75. The standard InChI is InChI=1S/C14H24O8/c1-13(19-5)14(2,20-6)22-10(8-12(16)18-4)9(21-13)7-11(15)17-3/h9-10H,7-8H2,1-6H3/t9-,10+,13-,14?/m1/s1. The van der Waals surface area contributed by atoms with E-state index in [0.29, 0.717) is 0 Å². The maximum atomic E-state index is 11.6. The van der Waals surface area contributed by atoms with Crippen LogP contribution in [0.3, 0.4) is 0 Å². The number of methoxy groups -OCH3 is 4. The SMILES string of the molecule is COC(=O)C[C@@H]1OC(C)(OC)[C@](C)(OC)O[C@@H]1CC(=O)OC. The van der Waals surface area contributed by atoms with Gasteiger partial charge in [0.2, 0.25) is 11.6 Å². The van der Waals surface area contributed by atoms with E-state index in [1.807, 2.05) is 0 Å². The summed E-state index contributed by atoms with van der Waals surface area (Å²) in [6.45, 7) is 3.27. The number of ether oxygens (including phenoxy) is 6. The van der Waals surface area contributed by atoms with Crippen LogP contribution in [0.15, 0.2) is 0 Å². The Morgan fingerprint density at radius 2 is 1.14 bits per heavy atom. The molecule has 22 heavy (non-hydrogen) atoms. The second-order valence-corrected chi connectivity index (χ2v) is 5.17. The zero-order valence-electron chi connectivity index (χ0n) is 13.8. The summed E-state index contributed by atoms with van der Waals surface area (Å²) >= 11 is 0. The maximum Gasteiger partial charge on any atom is 0.308 e. The number of carbonyl (C=O) groups is 2. The highest BCUT2D eigenvalue weighted by Crippen LogP contribution is 2.40. The Kier molecular flexibility index (Phi) is 6.30. The van der Waals surface area contributed by atoms with Gasteiger partial charge in [-0.1, -0.05) is 0 Å². The smallest absolute Gasteiger partial charge is 0.308 e.